The summed E-state index contributed by atoms with van der Waals surface area (Å²) in [4.78, 5) is 94.3. The minimum Gasteiger partial charge on any atom is -0.461 e. The van der Waals surface area contributed by atoms with Gasteiger partial charge in [0.15, 0.2) is 12.2 Å². The Balaban J connectivity index is 0.000000691. The molecular formula is C65H106N2O13S. The van der Waals surface area contributed by atoms with Crippen LogP contribution in [0.25, 0.3) is 0 Å². The summed E-state index contributed by atoms with van der Waals surface area (Å²) in [5, 5.41) is -0.136. The predicted octanol–water partition coefficient (Wildman–Crippen LogP) is 12.4. The van der Waals surface area contributed by atoms with Crippen molar-refractivity contribution in [3.05, 3.63) is 0 Å². The SMILES string of the molecule is COCC(COC(=O)C1CCC2CCCCC2C1)OC(=O)CCCN(CCCC(=O)OC(COC(=O)C1CCC2CCCCC2C1)COC(=O)C1CCC2CCCCC2C1)C(=O)SCCCN(C)C.O=CC1CCC2CCCCC2C1. The Hall–Kier alpha value is -3.24. The van der Waals surface area contributed by atoms with Crippen molar-refractivity contribution < 1.29 is 62.0 Å². The fraction of sp³-hybridized carbons (Fsp3) is 0.892. The van der Waals surface area contributed by atoms with Crippen LogP contribution in [0, 0.1) is 71.0 Å². The van der Waals surface area contributed by atoms with Crippen LogP contribution in [0.15, 0.2) is 0 Å². The van der Waals surface area contributed by atoms with Crippen molar-refractivity contribution >= 4 is 53.1 Å². The van der Waals surface area contributed by atoms with Crippen LogP contribution in [-0.4, -0.2) is 136 Å². The molecule has 0 heterocycles. The van der Waals surface area contributed by atoms with Crippen molar-refractivity contribution in [2.24, 2.45) is 71.0 Å². The number of fused-ring (bicyclic) bond motifs is 4. The molecule has 0 aromatic carbocycles. The summed E-state index contributed by atoms with van der Waals surface area (Å²) < 4.78 is 34.3. The molecule has 0 aromatic heterocycles. The smallest absolute Gasteiger partial charge is 0.309 e. The van der Waals surface area contributed by atoms with Crippen molar-refractivity contribution in [2.45, 2.75) is 224 Å². The summed E-state index contributed by atoms with van der Waals surface area (Å²) >= 11 is 1.22. The van der Waals surface area contributed by atoms with Gasteiger partial charge in [-0.25, -0.2) is 0 Å². The summed E-state index contributed by atoms with van der Waals surface area (Å²) in [5.74, 6) is 4.52. The van der Waals surface area contributed by atoms with Crippen LogP contribution in [0.3, 0.4) is 0 Å². The van der Waals surface area contributed by atoms with E-state index in [0.29, 0.717) is 54.1 Å². The summed E-state index contributed by atoms with van der Waals surface area (Å²) in [7, 11) is 5.49. The molecular weight excluding hydrogens is 1050 g/mol. The van der Waals surface area contributed by atoms with Gasteiger partial charge < -0.3 is 43.0 Å². The van der Waals surface area contributed by atoms with Gasteiger partial charge in [-0.2, -0.15) is 0 Å². The predicted molar refractivity (Wildman–Crippen MR) is 313 cm³/mol. The van der Waals surface area contributed by atoms with E-state index in [2.05, 4.69) is 4.90 Å². The summed E-state index contributed by atoms with van der Waals surface area (Å²) in [6, 6.07) is 0. The lowest BCUT2D eigenvalue weighted by molar-refractivity contribution is -0.171. The molecule has 15 nitrogen and oxygen atoms in total. The first-order chi connectivity index (χ1) is 39.3. The number of carbonyl (C=O) groups excluding carboxylic acids is 7. The Morgan fingerprint density at radius 3 is 1.21 bits per heavy atom. The van der Waals surface area contributed by atoms with Crippen LogP contribution in [0.5, 0.6) is 0 Å². The van der Waals surface area contributed by atoms with Crippen LogP contribution in [-0.2, 0) is 57.2 Å². The monoisotopic (exact) mass is 1150 g/mol. The minimum absolute atomic E-state index is 0.00753. The van der Waals surface area contributed by atoms with Crippen molar-refractivity contribution in [2.75, 3.05) is 73.0 Å². The normalized spacial score (nSPS) is 30.6. The first kappa shape index (κ1) is 65.3. The third-order valence-electron chi connectivity index (χ3n) is 20.4. The first-order valence-corrected chi connectivity index (χ1v) is 33.7. The molecule has 0 aliphatic heterocycles. The molecule has 8 rings (SSSR count). The number of nitrogens with zero attached hydrogens (tertiary/aromatic N) is 2. The average Bonchev–Trinajstić information content (AvgIpc) is 3.51. The van der Waals surface area contributed by atoms with Crippen LogP contribution in [0.4, 0.5) is 4.79 Å². The summed E-state index contributed by atoms with van der Waals surface area (Å²) in [6.07, 6.45) is 33.3. The van der Waals surface area contributed by atoms with Gasteiger partial charge in [0.1, 0.15) is 26.1 Å². The molecule has 16 heteroatoms. The largest absolute Gasteiger partial charge is 0.461 e. The Morgan fingerprint density at radius 2 is 0.827 bits per heavy atom. The Labute approximate surface area is 491 Å². The van der Waals surface area contributed by atoms with E-state index < -0.39 is 24.1 Å². The van der Waals surface area contributed by atoms with Crippen LogP contribution >= 0.6 is 11.8 Å². The molecule has 0 radical (unpaired) electrons. The van der Waals surface area contributed by atoms with E-state index in [-0.39, 0.29) is 93.3 Å². The second kappa shape index (κ2) is 35.3. The average molecular weight is 1160 g/mol. The second-order valence-electron chi connectivity index (χ2n) is 26.5. The maximum atomic E-state index is 13.5. The lowest BCUT2D eigenvalue weighted by Gasteiger charge is -2.38. The minimum atomic E-state index is -0.944. The fourth-order valence-corrected chi connectivity index (χ4v) is 16.6. The third-order valence-corrected chi connectivity index (χ3v) is 21.4. The zero-order chi connectivity index (χ0) is 57.3. The Bertz CT molecular complexity index is 1900. The zero-order valence-electron chi connectivity index (χ0n) is 50.3. The van der Waals surface area contributed by atoms with Crippen molar-refractivity contribution in [3.8, 4) is 0 Å². The van der Waals surface area contributed by atoms with Gasteiger partial charge in [-0.05, 0) is 164 Å². The Morgan fingerprint density at radius 1 is 0.457 bits per heavy atom. The molecule has 0 spiro atoms. The number of carbonyl (C=O) groups is 7. The maximum absolute atomic E-state index is 13.5. The molecule has 0 N–H and O–H groups in total. The molecule has 460 valence electrons. The highest BCUT2D eigenvalue weighted by atomic mass is 32.2. The van der Waals surface area contributed by atoms with Gasteiger partial charge in [0.25, 0.3) is 5.24 Å². The molecule has 0 aromatic rings. The molecule has 81 heavy (non-hydrogen) atoms. The molecule has 13 unspecified atom stereocenters. The standard InChI is InChI=1S/C54H88N2O12S.C11H18O/c1-55(2)27-12-30-69-54(62)56(28-10-19-49(57)67-47(34-63-3)35-64-51(59)44-24-21-38-13-4-7-16-41(38)31-44)29-11-20-50(58)68-48(36-65-52(60)45-25-22-39-14-5-8-17-42(39)32-45)37-66-53(61)46-26-23-40-15-6-9-18-43(40)33-46;12-8-9-5-6-10-3-1-2-4-11(10)7-9/h38-48H,4-37H2,1-3H3;8-11H,1-7H2. The van der Waals surface area contributed by atoms with Crippen LogP contribution in [0.1, 0.15) is 212 Å². The van der Waals surface area contributed by atoms with Crippen molar-refractivity contribution in [1.82, 2.24) is 9.80 Å². The van der Waals surface area contributed by atoms with Crippen LogP contribution < -0.4 is 0 Å². The lowest BCUT2D eigenvalue weighted by Crippen LogP contribution is -2.37. The highest BCUT2D eigenvalue weighted by molar-refractivity contribution is 8.13. The first-order valence-electron chi connectivity index (χ1n) is 32.7. The van der Waals surface area contributed by atoms with Gasteiger partial charge in [-0.15, -0.1) is 0 Å². The summed E-state index contributed by atoms with van der Waals surface area (Å²) in [6.45, 7) is 1.03. The third kappa shape index (κ3) is 22.0. The molecule has 8 aliphatic rings. The van der Waals surface area contributed by atoms with Gasteiger partial charge in [0.2, 0.25) is 0 Å². The molecule has 8 fully saturated rings. The van der Waals surface area contributed by atoms with E-state index in [0.717, 1.165) is 101 Å². The van der Waals surface area contributed by atoms with E-state index >= 15 is 0 Å². The molecule has 8 aliphatic carbocycles. The lowest BCUT2D eigenvalue weighted by atomic mass is 9.67. The maximum Gasteiger partial charge on any atom is 0.309 e. The van der Waals surface area contributed by atoms with E-state index in [1.54, 1.807) is 4.90 Å². The number of esters is 5. The highest BCUT2D eigenvalue weighted by Gasteiger charge is 2.40. The number of thioether (sulfide) groups is 1. The van der Waals surface area contributed by atoms with E-state index in [1.807, 2.05) is 14.1 Å². The van der Waals surface area contributed by atoms with Gasteiger partial charge in [-0.1, -0.05) is 114 Å². The number of hydrogen-bond donors (Lipinski definition) is 0. The second-order valence-corrected chi connectivity index (χ2v) is 27.5. The number of ether oxygens (including phenoxy) is 6. The quantitative estimate of drug-likeness (QED) is 0.0345. The molecule has 0 bridgehead atoms. The topological polar surface area (TPSA) is 181 Å². The van der Waals surface area contributed by atoms with Gasteiger partial charge >= 0.3 is 29.8 Å². The number of aldehydes is 1. The molecule has 1 amide bonds. The van der Waals surface area contributed by atoms with E-state index in [4.69, 9.17) is 28.4 Å². The fourth-order valence-electron chi connectivity index (χ4n) is 15.8. The number of methoxy groups -OCH3 is 1. The number of amides is 1. The van der Waals surface area contributed by atoms with E-state index in [1.165, 1.54) is 134 Å². The molecule has 13 atom stereocenters. The number of hydrogen-bond acceptors (Lipinski definition) is 15. The highest BCUT2D eigenvalue weighted by Crippen LogP contribution is 2.46. The van der Waals surface area contributed by atoms with Gasteiger partial charge in [0, 0.05) is 44.7 Å². The van der Waals surface area contributed by atoms with Gasteiger partial charge in [0.05, 0.1) is 24.4 Å². The summed E-state index contributed by atoms with van der Waals surface area (Å²) in [5.41, 5.74) is 0. The van der Waals surface area contributed by atoms with Crippen LogP contribution in [0.2, 0.25) is 0 Å². The number of rotatable bonds is 26. The molecule has 8 saturated carbocycles. The van der Waals surface area contributed by atoms with Gasteiger partial charge in [-0.3, -0.25) is 28.8 Å². The van der Waals surface area contributed by atoms with Crippen molar-refractivity contribution in [3.63, 3.8) is 0 Å². The Kier molecular flexibility index (Phi) is 28.4. The zero-order valence-corrected chi connectivity index (χ0v) is 51.1. The van der Waals surface area contributed by atoms with E-state index in [9.17, 15) is 33.6 Å². The molecule has 0 saturated heterocycles. The van der Waals surface area contributed by atoms with Crippen molar-refractivity contribution in [1.29, 1.82) is 0 Å².